The topological polar surface area (TPSA) is 120 Å². The fourth-order valence-corrected chi connectivity index (χ4v) is 6.04. The largest absolute Gasteiger partial charge is 0.478 e. The number of benzene rings is 2. The molecule has 0 aliphatic carbocycles. The molecule has 9 nitrogen and oxygen atoms in total. The second-order valence-corrected chi connectivity index (χ2v) is 11.6. The number of aromatic carboxylic acids is 1. The van der Waals surface area contributed by atoms with Crippen LogP contribution in [-0.4, -0.2) is 56.3 Å². The molecular weight excluding hydrogens is 547 g/mol. The third-order valence-corrected chi connectivity index (χ3v) is 8.77. The van der Waals surface area contributed by atoms with Gasteiger partial charge in [-0.2, -0.15) is 5.26 Å². The van der Waals surface area contributed by atoms with Crippen LogP contribution in [0, 0.1) is 23.1 Å². The zero-order valence-electron chi connectivity index (χ0n) is 24.3. The number of ether oxygens (including phenoxy) is 1. The summed E-state index contributed by atoms with van der Waals surface area (Å²) in [7, 11) is 0. The summed E-state index contributed by atoms with van der Waals surface area (Å²) in [4.78, 5) is 24.0. The van der Waals surface area contributed by atoms with Crippen LogP contribution in [0.15, 0.2) is 54.6 Å². The number of rotatable bonds is 10. The van der Waals surface area contributed by atoms with Crippen molar-refractivity contribution in [1.82, 2.24) is 19.4 Å². The first-order chi connectivity index (χ1) is 20.8. The molecule has 0 radical (unpaired) electrons. The molecule has 4 heterocycles. The van der Waals surface area contributed by atoms with Crippen molar-refractivity contribution in [2.24, 2.45) is 5.92 Å². The maximum atomic E-state index is 14.3. The molecule has 0 bridgehead atoms. The molecule has 2 N–H and O–H groups in total. The molecule has 2 saturated heterocycles. The lowest BCUT2D eigenvalue weighted by atomic mass is 9.92. The van der Waals surface area contributed by atoms with Crippen LogP contribution in [0.2, 0.25) is 0 Å². The van der Waals surface area contributed by atoms with Crippen molar-refractivity contribution in [3.63, 3.8) is 0 Å². The van der Waals surface area contributed by atoms with E-state index < -0.39 is 11.8 Å². The number of anilines is 1. The molecule has 10 heteroatoms. The van der Waals surface area contributed by atoms with E-state index in [4.69, 9.17) is 20.0 Å². The summed E-state index contributed by atoms with van der Waals surface area (Å²) >= 11 is 0. The highest BCUT2D eigenvalue weighted by molar-refractivity contribution is 5.92. The SMILES string of the molecule is C[C@@H](Cn1c([C@H](C)N2CCC(c3cccc(NCc4ccc(C#N)cc4F)n3)CC2)nc2ccc(C(=O)O)cc21)C1CO1. The van der Waals surface area contributed by atoms with Crippen LogP contribution in [0.4, 0.5) is 10.2 Å². The molecule has 2 aromatic heterocycles. The predicted molar refractivity (Wildman–Crippen MR) is 160 cm³/mol. The van der Waals surface area contributed by atoms with Gasteiger partial charge in [-0.05, 0) is 75.3 Å². The average molecular weight is 583 g/mol. The Bertz CT molecular complexity index is 1690. The number of epoxide rings is 1. The first-order valence-corrected chi connectivity index (χ1v) is 14.8. The number of fused-ring (bicyclic) bond motifs is 1. The van der Waals surface area contributed by atoms with E-state index >= 15 is 0 Å². The fourth-order valence-electron chi connectivity index (χ4n) is 6.04. The number of nitrogens with one attached hydrogen (secondary N) is 1. The van der Waals surface area contributed by atoms with Crippen molar-refractivity contribution in [3.8, 4) is 6.07 Å². The van der Waals surface area contributed by atoms with Crippen LogP contribution in [0.25, 0.3) is 11.0 Å². The number of piperidine rings is 1. The highest BCUT2D eigenvalue weighted by Gasteiger charge is 2.33. The van der Waals surface area contributed by atoms with E-state index in [1.165, 1.54) is 6.07 Å². The van der Waals surface area contributed by atoms with Crippen molar-refractivity contribution in [3.05, 3.63) is 88.6 Å². The minimum Gasteiger partial charge on any atom is -0.478 e. The Labute approximate surface area is 249 Å². The minimum absolute atomic E-state index is 0.0530. The monoisotopic (exact) mass is 582 g/mol. The number of hydrogen-bond donors (Lipinski definition) is 2. The lowest BCUT2D eigenvalue weighted by Crippen LogP contribution is -2.36. The van der Waals surface area contributed by atoms with Gasteiger partial charge in [0.2, 0.25) is 0 Å². The molecule has 0 saturated carbocycles. The molecule has 1 unspecified atom stereocenters. The zero-order valence-corrected chi connectivity index (χ0v) is 24.3. The van der Waals surface area contributed by atoms with Crippen LogP contribution in [0.1, 0.15) is 71.7 Å². The summed E-state index contributed by atoms with van der Waals surface area (Å²) < 4.78 is 22.1. The Hall–Kier alpha value is -4.33. The van der Waals surface area contributed by atoms with Gasteiger partial charge in [0.1, 0.15) is 17.5 Å². The minimum atomic E-state index is -0.945. The summed E-state index contributed by atoms with van der Waals surface area (Å²) in [5, 5.41) is 21.8. The van der Waals surface area contributed by atoms with Crippen molar-refractivity contribution in [2.45, 2.75) is 57.8 Å². The zero-order chi connectivity index (χ0) is 30.1. The van der Waals surface area contributed by atoms with E-state index in [0.29, 0.717) is 28.8 Å². The van der Waals surface area contributed by atoms with Crippen LogP contribution >= 0.6 is 0 Å². The number of imidazole rings is 1. The molecule has 2 aromatic carbocycles. The van der Waals surface area contributed by atoms with Crippen LogP contribution in [-0.2, 0) is 17.8 Å². The molecule has 0 amide bonds. The standard InChI is InChI=1S/C33H35FN6O3/c1-20(30-19-43-30)18-40-29-15-24(33(41)42)8-9-28(29)38-32(40)21(2)39-12-10-23(11-13-39)27-4-3-5-31(37-27)36-17-25-7-6-22(16-35)14-26(25)34/h3-9,14-15,20-21,23,30H,10-13,17-19H2,1-2H3,(H,36,37)(H,41,42)/t20-,21-,30?/m0/s1. The number of carboxylic acid groups (broad SMARTS) is 1. The molecule has 6 rings (SSSR count). The molecule has 0 spiro atoms. The molecule has 4 aromatic rings. The van der Waals surface area contributed by atoms with Crippen LogP contribution in [0.3, 0.4) is 0 Å². The van der Waals surface area contributed by atoms with E-state index in [1.54, 1.807) is 30.3 Å². The number of halogens is 1. The number of likely N-dealkylation sites (tertiary alicyclic amines) is 1. The Morgan fingerprint density at radius 1 is 1.16 bits per heavy atom. The predicted octanol–water partition coefficient (Wildman–Crippen LogP) is 5.73. The smallest absolute Gasteiger partial charge is 0.335 e. The number of aromatic nitrogens is 3. The number of carboxylic acids is 1. The van der Waals surface area contributed by atoms with Gasteiger partial charge in [-0.25, -0.2) is 19.2 Å². The summed E-state index contributed by atoms with van der Waals surface area (Å²) in [5.41, 5.74) is 3.71. The Morgan fingerprint density at radius 2 is 1.95 bits per heavy atom. The molecule has 3 atom stereocenters. The van der Waals surface area contributed by atoms with Gasteiger partial charge in [-0.3, -0.25) is 4.90 Å². The third-order valence-electron chi connectivity index (χ3n) is 8.77. The van der Waals surface area contributed by atoms with E-state index in [1.807, 2.05) is 18.2 Å². The average Bonchev–Trinajstić information content (AvgIpc) is 3.82. The number of carbonyl (C=O) groups is 1. The van der Waals surface area contributed by atoms with Gasteiger partial charge in [-0.15, -0.1) is 0 Å². The van der Waals surface area contributed by atoms with Crippen LogP contribution < -0.4 is 5.32 Å². The molecule has 2 aliphatic heterocycles. The second-order valence-electron chi connectivity index (χ2n) is 11.6. The summed E-state index contributed by atoms with van der Waals surface area (Å²) in [6, 6.07) is 17.6. The summed E-state index contributed by atoms with van der Waals surface area (Å²) in [5.74, 6) is 0.890. The number of nitriles is 1. The quantitative estimate of drug-likeness (QED) is 0.228. The Kier molecular flexibility index (Phi) is 8.10. The Balaban J connectivity index is 1.14. The van der Waals surface area contributed by atoms with E-state index in [0.717, 1.165) is 61.6 Å². The molecule has 2 aliphatic rings. The normalized spacial score (nSPS) is 18.7. The second kappa shape index (κ2) is 12.1. The summed E-state index contributed by atoms with van der Waals surface area (Å²) in [6.45, 7) is 7.88. The van der Waals surface area contributed by atoms with Crippen molar-refractivity contribution in [1.29, 1.82) is 5.26 Å². The van der Waals surface area contributed by atoms with Crippen molar-refractivity contribution < 1.29 is 19.0 Å². The highest BCUT2D eigenvalue weighted by atomic mass is 19.1. The fraction of sp³-hybridized carbons (Fsp3) is 0.394. The summed E-state index contributed by atoms with van der Waals surface area (Å²) in [6.07, 6.45) is 2.13. The van der Waals surface area contributed by atoms with Gasteiger partial charge in [0.15, 0.2) is 0 Å². The highest BCUT2D eigenvalue weighted by Crippen LogP contribution is 2.34. The lowest BCUT2D eigenvalue weighted by molar-refractivity contribution is 0.0697. The van der Waals surface area contributed by atoms with E-state index in [-0.39, 0.29) is 24.3 Å². The van der Waals surface area contributed by atoms with Gasteiger partial charge in [0.05, 0.1) is 47.0 Å². The van der Waals surface area contributed by atoms with Crippen molar-refractivity contribution >= 4 is 22.8 Å². The third kappa shape index (κ3) is 6.24. The molecule has 2 fully saturated rings. The number of nitrogens with zero attached hydrogens (tertiary/aromatic N) is 5. The van der Waals surface area contributed by atoms with Crippen LogP contribution in [0.5, 0.6) is 0 Å². The first kappa shape index (κ1) is 28.8. The van der Waals surface area contributed by atoms with Gasteiger partial charge in [-0.1, -0.05) is 19.1 Å². The van der Waals surface area contributed by atoms with Gasteiger partial charge >= 0.3 is 5.97 Å². The van der Waals surface area contributed by atoms with Crippen molar-refractivity contribution in [2.75, 3.05) is 25.0 Å². The van der Waals surface area contributed by atoms with E-state index in [9.17, 15) is 14.3 Å². The maximum Gasteiger partial charge on any atom is 0.335 e. The first-order valence-electron chi connectivity index (χ1n) is 14.8. The molecule has 43 heavy (non-hydrogen) atoms. The van der Waals surface area contributed by atoms with Gasteiger partial charge < -0.3 is 19.7 Å². The van der Waals surface area contributed by atoms with Gasteiger partial charge in [0.25, 0.3) is 0 Å². The molecular formula is C33H35FN6O3. The number of pyridine rings is 1. The Morgan fingerprint density at radius 3 is 2.65 bits per heavy atom. The van der Waals surface area contributed by atoms with E-state index in [2.05, 4.69) is 34.7 Å². The molecule has 222 valence electrons. The van der Waals surface area contributed by atoms with Gasteiger partial charge in [0, 0.05) is 36.2 Å². The maximum absolute atomic E-state index is 14.3. The number of hydrogen-bond acceptors (Lipinski definition) is 7. The lowest BCUT2D eigenvalue weighted by Gasteiger charge is -2.36.